The van der Waals surface area contributed by atoms with Crippen molar-refractivity contribution in [1.29, 1.82) is 0 Å². The highest BCUT2D eigenvalue weighted by atomic mass is 16.1. The molecular formula is C12H12N2O. The minimum Gasteiger partial charge on any atom is -0.398 e. The van der Waals surface area contributed by atoms with Gasteiger partial charge in [-0.3, -0.25) is 4.79 Å². The summed E-state index contributed by atoms with van der Waals surface area (Å²) in [6.07, 6.45) is 0. The minimum atomic E-state index is -0.419. The molecule has 3 nitrogen and oxygen atoms in total. The normalized spacial score (nSPS) is 10.5. The summed E-state index contributed by atoms with van der Waals surface area (Å²) in [5, 5.41) is 1.90. The van der Waals surface area contributed by atoms with E-state index >= 15 is 0 Å². The monoisotopic (exact) mass is 200 g/mol. The fourth-order valence-electron chi connectivity index (χ4n) is 1.73. The van der Waals surface area contributed by atoms with Crippen LogP contribution in [0, 0.1) is 6.92 Å². The van der Waals surface area contributed by atoms with Crippen LogP contribution in [-0.4, -0.2) is 5.91 Å². The molecule has 4 N–H and O–H groups in total. The second-order valence-corrected chi connectivity index (χ2v) is 3.60. The van der Waals surface area contributed by atoms with Gasteiger partial charge in [0.05, 0.1) is 0 Å². The van der Waals surface area contributed by atoms with Crippen molar-refractivity contribution in [1.82, 2.24) is 0 Å². The lowest BCUT2D eigenvalue weighted by molar-refractivity contribution is 0.1000. The average Bonchev–Trinajstić information content (AvgIpc) is 2.16. The molecule has 2 rings (SSSR count). The van der Waals surface area contributed by atoms with E-state index in [1.807, 2.05) is 31.2 Å². The number of anilines is 1. The molecule has 0 aromatic heterocycles. The highest BCUT2D eigenvalue weighted by molar-refractivity contribution is 6.02. The van der Waals surface area contributed by atoms with Gasteiger partial charge in [-0.2, -0.15) is 0 Å². The van der Waals surface area contributed by atoms with Crippen LogP contribution in [0.2, 0.25) is 0 Å². The van der Waals surface area contributed by atoms with Crippen LogP contribution in [0.5, 0.6) is 0 Å². The van der Waals surface area contributed by atoms with Gasteiger partial charge < -0.3 is 11.5 Å². The number of aryl methyl sites for hydroxylation is 1. The summed E-state index contributed by atoms with van der Waals surface area (Å²) in [5.74, 6) is -0.419. The van der Waals surface area contributed by atoms with Crippen LogP contribution in [0.1, 0.15) is 15.9 Å². The second kappa shape index (κ2) is 3.28. The molecule has 0 unspecified atom stereocenters. The Morgan fingerprint density at radius 3 is 2.67 bits per heavy atom. The van der Waals surface area contributed by atoms with E-state index in [4.69, 9.17) is 11.5 Å². The van der Waals surface area contributed by atoms with Crippen LogP contribution in [0.4, 0.5) is 5.69 Å². The molecule has 0 bridgehead atoms. The molecule has 76 valence electrons. The van der Waals surface area contributed by atoms with E-state index in [0.717, 1.165) is 16.3 Å². The van der Waals surface area contributed by atoms with Crippen LogP contribution in [-0.2, 0) is 0 Å². The number of nitrogen functional groups attached to an aromatic ring is 1. The number of carbonyl (C=O) groups is 1. The third-order valence-corrected chi connectivity index (χ3v) is 2.52. The van der Waals surface area contributed by atoms with Crippen molar-refractivity contribution in [2.45, 2.75) is 6.92 Å². The molecule has 0 saturated heterocycles. The van der Waals surface area contributed by atoms with Crippen molar-refractivity contribution in [3.05, 3.63) is 41.5 Å². The molecule has 2 aromatic rings. The molecule has 3 heteroatoms. The third kappa shape index (κ3) is 1.52. The van der Waals surface area contributed by atoms with E-state index in [1.165, 1.54) is 0 Å². The first kappa shape index (κ1) is 9.52. The largest absolute Gasteiger partial charge is 0.398 e. The SMILES string of the molecule is Cc1cc2cccc(N)c2cc1C(N)=O. The Labute approximate surface area is 87.7 Å². The number of rotatable bonds is 1. The first-order valence-electron chi connectivity index (χ1n) is 4.68. The van der Waals surface area contributed by atoms with Gasteiger partial charge in [-0.1, -0.05) is 18.2 Å². The molecule has 1 amide bonds. The molecule has 0 aliphatic rings. The summed E-state index contributed by atoms with van der Waals surface area (Å²) in [4.78, 5) is 11.2. The molecule has 0 heterocycles. The fraction of sp³-hybridized carbons (Fsp3) is 0.0833. The van der Waals surface area contributed by atoms with Gasteiger partial charge in [0.25, 0.3) is 0 Å². The van der Waals surface area contributed by atoms with E-state index < -0.39 is 5.91 Å². The first-order chi connectivity index (χ1) is 7.09. The van der Waals surface area contributed by atoms with Gasteiger partial charge in [-0.15, -0.1) is 0 Å². The summed E-state index contributed by atoms with van der Waals surface area (Å²) >= 11 is 0. The second-order valence-electron chi connectivity index (χ2n) is 3.60. The lowest BCUT2D eigenvalue weighted by atomic mass is 10.0. The van der Waals surface area contributed by atoms with Crippen LogP contribution in [0.3, 0.4) is 0 Å². The highest BCUT2D eigenvalue weighted by Crippen LogP contribution is 2.24. The number of hydrogen-bond donors (Lipinski definition) is 2. The Hall–Kier alpha value is -2.03. The van der Waals surface area contributed by atoms with Gasteiger partial charge >= 0.3 is 0 Å². The molecule has 0 fully saturated rings. The summed E-state index contributed by atoms with van der Waals surface area (Å²) in [6.45, 7) is 1.86. The lowest BCUT2D eigenvalue weighted by Crippen LogP contribution is -2.12. The molecule has 0 radical (unpaired) electrons. The van der Waals surface area contributed by atoms with E-state index in [-0.39, 0.29) is 0 Å². The molecule has 0 atom stereocenters. The van der Waals surface area contributed by atoms with Crippen molar-refractivity contribution >= 4 is 22.4 Å². The number of benzene rings is 2. The number of hydrogen-bond acceptors (Lipinski definition) is 2. The van der Waals surface area contributed by atoms with Gasteiger partial charge in [0.15, 0.2) is 0 Å². The summed E-state index contributed by atoms with van der Waals surface area (Å²) in [7, 11) is 0. The van der Waals surface area contributed by atoms with Crippen molar-refractivity contribution in [2.24, 2.45) is 5.73 Å². The maximum atomic E-state index is 11.2. The van der Waals surface area contributed by atoms with Crippen LogP contribution in [0.15, 0.2) is 30.3 Å². The predicted molar refractivity (Wildman–Crippen MR) is 61.6 cm³/mol. The van der Waals surface area contributed by atoms with Crippen molar-refractivity contribution in [2.75, 3.05) is 5.73 Å². The lowest BCUT2D eigenvalue weighted by Gasteiger charge is -2.06. The maximum absolute atomic E-state index is 11.2. The summed E-state index contributed by atoms with van der Waals surface area (Å²) in [5.41, 5.74) is 13.2. The number of amides is 1. The molecule has 0 saturated carbocycles. The number of carbonyl (C=O) groups excluding carboxylic acids is 1. The Bertz CT molecular complexity index is 547. The topological polar surface area (TPSA) is 69.1 Å². The van der Waals surface area contributed by atoms with E-state index in [2.05, 4.69) is 0 Å². The molecule has 0 aliphatic heterocycles. The molecule has 0 aliphatic carbocycles. The summed E-state index contributed by atoms with van der Waals surface area (Å²) in [6, 6.07) is 9.33. The van der Waals surface area contributed by atoms with E-state index in [0.29, 0.717) is 11.3 Å². The number of nitrogens with two attached hydrogens (primary N) is 2. The minimum absolute atomic E-state index is 0.419. The number of primary amides is 1. The molecule has 15 heavy (non-hydrogen) atoms. The Morgan fingerprint density at radius 2 is 2.00 bits per heavy atom. The van der Waals surface area contributed by atoms with E-state index in [1.54, 1.807) is 6.07 Å². The Balaban J connectivity index is 2.83. The zero-order valence-corrected chi connectivity index (χ0v) is 8.45. The predicted octanol–water partition coefficient (Wildman–Crippen LogP) is 1.83. The van der Waals surface area contributed by atoms with Crippen LogP contribution >= 0.6 is 0 Å². The van der Waals surface area contributed by atoms with Gasteiger partial charge in [0.1, 0.15) is 0 Å². The van der Waals surface area contributed by atoms with Crippen molar-refractivity contribution < 1.29 is 4.79 Å². The number of fused-ring (bicyclic) bond motifs is 1. The molecule has 0 spiro atoms. The maximum Gasteiger partial charge on any atom is 0.248 e. The van der Waals surface area contributed by atoms with Crippen molar-refractivity contribution in [3.8, 4) is 0 Å². The summed E-state index contributed by atoms with van der Waals surface area (Å²) < 4.78 is 0. The average molecular weight is 200 g/mol. The first-order valence-corrected chi connectivity index (χ1v) is 4.68. The smallest absolute Gasteiger partial charge is 0.248 e. The Kier molecular flexibility index (Phi) is 2.08. The van der Waals surface area contributed by atoms with Gasteiger partial charge in [0, 0.05) is 16.6 Å². The molecule has 2 aromatic carbocycles. The highest BCUT2D eigenvalue weighted by Gasteiger charge is 2.07. The molecular weight excluding hydrogens is 188 g/mol. The van der Waals surface area contributed by atoms with Gasteiger partial charge in [-0.25, -0.2) is 0 Å². The van der Waals surface area contributed by atoms with Crippen LogP contribution in [0.25, 0.3) is 10.8 Å². The third-order valence-electron chi connectivity index (χ3n) is 2.52. The fourth-order valence-corrected chi connectivity index (χ4v) is 1.73. The zero-order chi connectivity index (χ0) is 11.0. The zero-order valence-electron chi connectivity index (χ0n) is 8.45. The van der Waals surface area contributed by atoms with E-state index in [9.17, 15) is 4.79 Å². The quantitative estimate of drug-likeness (QED) is 0.689. The van der Waals surface area contributed by atoms with Crippen molar-refractivity contribution in [3.63, 3.8) is 0 Å². The van der Waals surface area contributed by atoms with Gasteiger partial charge in [0.2, 0.25) is 5.91 Å². The Morgan fingerprint density at radius 1 is 1.27 bits per heavy atom. The van der Waals surface area contributed by atoms with Crippen LogP contribution < -0.4 is 11.5 Å². The van der Waals surface area contributed by atoms with Gasteiger partial charge in [-0.05, 0) is 30.0 Å². The standard InChI is InChI=1S/C12H12N2O/c1-7-5-8-3-2-4-11(13)10(8)6-9(7)12(14)15/h2-6H,13H2,1H3,(H2,14,15).